The minimum absolute atomic E-state index is 0.0300. The van der Waals surface area contributed by atoms with Gasteiger partial charge in [0.15, 0.2) is 23.8 Å². The van der Waals surface area contributed by atoms with Crippen LogP contribution in [0.25, 0.3) is 0 Å². The van der Waals surface area contributed by atoms with E-state index in [0.717, 1.165) is 86.3 Å². The maximum Gasteiger partial charge on any atom is 0.352 e. The number of benzene rings is 4. The number of nitrogens with zero attached hydrogens (tertiary/aromatic N) is 1. The SMILES string of the molecule is CCCCCCCCCCCCCCCCCCOc1cc(C(=O)OC(C(=O)O[C@H]2[C@@H](O)[C@H](n3cc(C)c(=O)[nH]c3=O)O[C@@H]2CO)c2cc(C(c3ccccc3)c3ccc(OC)cc3)ccc2OC)cc(OCCCCCCCCCCCCCCCCCC)c1OCCCCCCCCCCCCCCCCCC. The molecular formula is C94H146N2O14. The number of aryl methyl sites for hydroxylation is 1. The Morgan fingerprint density at radius 2 is 0.864 bits per heavy atom. The van der Waals surface area contributed by atoms with Gasteiger partial charge >= 0.3 is 17.6 Å². The lowest BCUT2D eigenvalue weighted by Crippen LogP contribution is -2.41. The number of aliphatic hydroxyl groups excluding tert-OH is 2. The maximum absolute atomic E-state index is 15.6. The van der Waals surface area contributed by atoms with Gasteiger partial charge in [0.05, 0.1) is 46.2 Å². The van der Waals surface area contributed by atoms with Gasteiger partial charge in [0, 0.05) is 23.2 Å². The average Bonchev–Trinajstić information content (AvgIpc) is 1.17. The van der Waals surface area contributed by atoms with E-state index in [1.165, 1.54) is 258 Å². The van der Waals surface area contributed by atoms with E-state index in [1.54, 1.807) is 31.4 Å². The minimum Gasteiger partial charge on any atom is -0.497 e. The maximum atomic E-state index is 15.6. The Morgan fingerprint density at radius 3 is 1.26 bits per heavy atom. The van der Waals surface area contributed by atoms with Crippen LogP contribution < -0.4 is 34.9 Å². The number of rotatable bonds is 66. The van der Waals surface area contributed by atoms with Crippen molar-refractivity contribution < 1.29 is 57.7 Å². The van der Waals surface area contributed by atoms with Crippen LogP contribution >= 0.6 is 0 Å². The third-order valence-corrected chi connectivity index (χ3v) is 22.1. The van der Waals surface area contributed by atoms with E-state index in [9.17, 15) is 19.8 Å². The zero-order chi connectivity index (χ0) is 78.4. The molecule has 2 unspecified atom stereocenters. The Hall–Kier alpha value is -6.62. The number of hydrogen-bond donors (Lipinski definition) is 3. The quantitative estimate of drug-likeness (QED) is 0.0188. The molecule has 1 fully saturated rings. The molecular weight excluding hydrogens is 1380 g/mol. The average molecular weight is 1530 g/mol. The van der Waals surface area contributed by atoms with Crippen LogP contribution in [-0.2, 0) is 19.0 Å². The molecule has 0 bridgehead atoms. The van der Waals surface area contributed by atoms with Gasteiger partial charge in [0.25, 0.3) is 5.56 Å². The van der Waals surface area contributed by atoms with Crippen LogP contribution in [0.5, 0.6) is 28.7 Å². The third kappa shape index (κ3) is 34.8. The molecule has 3 N–H and O–H groups in total. The summed E-state index contributed by atoms with van der Waals surface area (Å²) in [6, 6.07) is 26.2. The molecule has 0 saturated carbocycles. The second-order valence-electron chi connectivity index (χ2n) is 31.3. The predicted octanol–water partition coefficient (Wildman–Crippen LogP) is 23.7. The fraction of sp³-hybridized carbons (Fsp3) is 0.681. The number of nitrogens with one attached hydrogen (secondary N) is 1. The summed E-state index contributed by atoms with van der Waals surface area (Å²) in [4.78, 5) is 59.1. The molecule has 1 aromatic heterocycles. The smallest absolute Gasteiger partial charge is 0.352 e. The van der Waals surface area contributed by atoms with Crippen LogP contribution in [0.3, 0.4) is 0 Å². The topological polar surface area (TPSA) is 203 Å². The number of unbranched alkanes of at least 4 members (excludes halogenated alkanes) is 45. The molecule has 1 aliphatic rings. The Balaban J connectivity index is 1.27. The van der Waals surface area contributed by atoms with Gasteiger partial charge in [-0.05, 0) is 79.3 Å². The largest absolute Gasteiger partial charge is 0.497 e. The zero-order valence-electron chi connectivity index (χ0n) is 69.1. The number of ether oxygens (including phenoxy) is 8. The van der Waals surface area contributed by atoms with Crippen LogP contribution in [0.15, 0.2) is 101 Å². The Bertz CT molecular complexity index is 3270. The third-order valence-electron chi connectivity index (χ3n) is 22.1. The second-order valence-corrected chi connectivity index (χ2v) is 31.3. The van der Waals surface area contributed by atoms with Gasteiger partial charge in [0.1, 0.15) is 23.7 Å². The van der Waals surface area contributed by atoms with E-state index in [2.05, 4.69) is 25.8 Å². The van der Waals surface area contributed by atoms with Gasteiger partial charge in [-0.15, -0.1) is 0 Å². The summed E-state index contributed by atoms with van der Waals surface area (Å²) in [5.41, 5.74) is 1.33. The Kier molecular flexibility index (Phi) is 48.1. The zero-order valence-corrected chi connectivity index (χ0v) is 69.1. The van der Waals surface area contributed by atoms with Crippen LogP contribution in [0.4, 0.5) is 0 Å². The highest BCUT2D eigenvalue weighted by molar-refractivity contribution is 5.93. The predicted molar refractivity (Wildman–Crippen MR) is 446 cm³/mol. The summed E-state index contributed by atoms with van der Waals surface area (Å²) in [5, 5.41) is 22.8. The van der Waals surface area contributed by atoms with Crippen molar-refractivity contribution in [1.82, 2.24) is 9.55 Å². The van der Waals surface area contributed by atoms with Crippen molar-refractivity contribution in [3.8, 4) is 28.7 Å². The number of methoxy groups -OCH3 is 2. The second kappa shape index (κ2) is 57.4. The van der Waals surface area contributed by atoms with Gasteiger partial charge in [-0.2, -0.15) is 0 Å². The number of aliphatic hydroxyl groups is 2. The highest BCUT2D eigenvalue weighted by Gasteiger charge is 2.49. The van der Waals surface area contributed by atoms with Crippen molar-refractivity contribution >= 4 is 11.9 Å². The van der Waals surface area contributed by atoms with Crippen LogP contribution in [0.1, 0.15) is 385 Å². The summed E-state index contributed by atoms with van der Waals surface area (Å²) in [6.45, 7) is 8.72. The van der Waals surface area contributed by atoms with E-state index in [1.807, 2.05) is 60.7 Å². The van der Waals surface area contributed by atoms with E-state index in [4.69, 9.17) is 37.9 Å². The molecule has 616 valence electrons. The Morgan fingerprint density at radius 1 is 0.473 bits per heavy atom. The summed E-state index contributed by atoms with van der Waals surface area (Å²) in [6.07, 6.45) is 53.0. The molecule has 0 aliphatic carbocycles. The van der Waals surface area contributed by atoms with Crippen LogP contribution in [-0.4, -0.2) is 90.7 Å². The standard InChI is InChI=1S/C94H146N2O14/c1-7-10-13-16-19-22-25-28-31-34-37-40-43-46-49-55-66-105-82-70-78(71-83(106-67-56-50-47-44-41-38-35-32-29-26-23-20-17-14-11-8-2)88(82)107-68-57-51-48-45-42-39-36-33-30-27-24-21-18-15-12-9-3)92(100)109-87(93(101)110-89-84(73-97)108-91(86(89)98)96-72-74(4)90(99)95-94(96)102)80-69-77(62-65-81(80)104-6)85(75-58-53-52-54-59-75)76-60-63-79(103-5)64-61-76/h52-54,58-65,69-72,84-87,89,91,97-98H,7-51,55-57,66-68,73H2,1-6H3,(H,95,99,102)/t84-,85?,86-,87?,89-,91-/m1/s1. The van der Waals surface area contributed by atoms with Crippen LogP contribution in [0.2, 0.25) is 0 Å². The van der Waals surface area contributed by atoms with Crippen molar-refractivity contribution in [2.45, 2.75) is 372 Å². The van der Waals surface area contributed by atoms with E-state index in [0.29, 0.717) is 48.4 Å². The molecule has 4 aromatic carbocycles. The fourth-order valence-corrected chi connectivity index (χ4v) is 15.3. The van der Waals surface area contributed by atoms with Crippen molar-refractivity contribution in [1.29, 1.82) is 0 Å². The first-order valence-electron chi connectivity index (χ1n) is 44.1. The fourth-order valence-electron chi connectivity index (χ4n) is 15.3. The molecule has 1 aliphatic heterocycles. The summed E-state index contributed by atoms with van der Waals surface area (Å²) >= 11 is 0. The number of aromatic amines is 1. The molecule has 6 rings (SSSR count). The number of H-pyrrole nitrogens is 1. The number of carbonyl (C=O) groups is 2. The van der Waals surface area contributed by atoms with Gasteiger partial charge in [-0.3, -0.25) is 14.3 Å². The lowest BCUT2D eigenvalue weighted by atomic mass is 9.84. The van der Waals surface area contributed by atoms with E-state index < -0.39 is 66.4 Å². The van der Waals surface area contributed by atoms with Gasteiger partial charge in [-0.25, -0.2) is 14.4 Å². The summed E-state index contributed by atoms with van der Waals surface area (Å²) < 4.78 is 51.8. The molecule has 0 spiro atoms. The van der Waals surface area contributed by atoms with Gasteiger partial charge in [-0.1, -0.05) is 358 Å². The highest BCUT2D eigenvalue weighted by atomic mass is 16.6. The lowest BCUT2D eigenvalue weighted by Gasteiger charge is -2.26. The van der Waals surface area contributed by atoms with E-state index >= 15 is 9.59 Å². The van der Waals surface area contributed by atoms with Gasteiger partial charge in [0.2, 0.25) is 11.9 Å². The molecule has 1 saturated heterocycles. The summed E-state index contributed by atoms with van der Waals surface area (Å²) in [5.74, 6) is -0.537. The van der Waals surface area contributed by atoms with Crippen molar-refractivity contribution in [3.05, 3.63) is 145 Å². The van der Waals surface area contributed by atoms with E-state index in [-0.39, 0.29) is 22.4 Å². The first-order chi connectivity index (χ1) is 54.0. The number of hydrogen-bond acceptors (Lipinski definition) is 14. The monoisotopic (exact) mass is 1530 g/mol. The molecule has 5 aromatic rings. The normalized spacial score (nSPS) is 15.4. The molecule has 2 heterocycles. The number of esters is 2. The Labute approximate surface area is 663 Å². The van der Waals surface area contributed by atoms with Gasteiger partial charge < -0.3 is 48.1 Å². The molecule has 0 radical (unpaired) electrons. The van der Waals surface area contributed by atoms with Crippen molar-refractivity contribution in [2.75, 3.05) is 40.6 Å². The first kappa shape index (κ1) is 92.3. The number of carbonyl (C=O) groups excluding carboxylic acids is 2. The molecule has 16 nitrogen and oxygen atoms in total. The molecule has 0 amide bonds. The molecule has 110 heavy (non-hydrogen) atoms. The van der Waals surface area contributed by atoms with Crippen LogP contribution in [0, 0.1) is 6.92 Å². The van der Waals surface area contributed by atoms with Crippen molar-refractivity contribution in [2.24, 2.45) is 0 Å². The summed E-state index contributed by atoms with van der Waals surface area (Å²) in [7, 11) is 3.07. The lowest BCUT2D eigenvalue weighted by molar-refractivity contribution is -0.167. The van der Waals surface area contributed by atoms with Crippen molar-refractivity contribution in [3.63, 3.8) is 0 Å². The number of aromatic nitrogens is 2. The minimum atomic E-state index is -1.89. The molecule has 16 heteroatoms. The highest BCUT2D eigenvalue weighted by Crippen LogP contribution is 2.43. The first-order valence-corrected chi connectivity index (χ1v) is 44.1. The molecule has 6 atom stereocenters.